The zero-order valence-corrected chi connectivity index (χ0v) is 15.3. The van der Waals surface area contributed by atoms with Gasteiger partial charge in [0, 0.05) is 24.4 Å². The van der Waals surface area contributed by atoms with Crippen molar-refractivity contribution in [2.45, 2.75) is 6.61 Å². The summed E-state index contributed by atoms with van der Waals surface area (Å²) >= 11 is 0. The Morgan fingerprint density at radius 3 is 2.83 bits per heavy atom. The molecule has 0 atom stereocenters. The average molecular weight is 390 g/mol. The number of anilines is 1. The number of halogens is 1. The summed E-state index contributed by atoms with van der Waals surface area (Å²) in [5.41, 5.74) is 7.95. The molecule has 144 valence electrons. The first kappa shape index (κ1) is 17.0. The monoisotopic (exact) mass is 390 g/mol. The fourth-order valence-corrected chi connectivity index (χ4v) is 3.27. The lowest BCUT2D eigenvalue weighted by molar-refractivity contribution is 0.299. The van der Waals surface area contributed by atoms with E-state index in [0.29, 0.717) is 39.1 Å². The van der Waals surface area contributed by atoms with Crippen LogP contribution in [-0.4, -0.2) is 34.3 Å². The molecule has 2 N–H and O–H groups in total. The van der Waals surface area contributed by atoms with Crippen LogP contribution in [0.2, 0.25) is 0 Å². The molecule has 0 fully saturated rings. The van der Waals surface area contributed by atoms with Gasteiger partial charge < -0.3 is 10.5 Å². The molecule has 0 unspecified atom stereocenters. The summed E-state index contributed by atoms with van der Waals surface area (Å²) in [6, 6.07) is 6.74. The predicted octanol–water partition coefficient (Wildman–Crippen LogP) is 2.37. The molecular formula is C19H15FN8O. The van der Waals surface area contributed by atoms with Crippen LogP contribution in [0.5, 0.6) is 5.75 Å². The Morgan fingerprint density at radius 1 is 1.10 bits per heavy atom. The van der Waals surface area contributed by atoms with Crippen molar-refractivity contribution in [2.24, 2.45) is 7.05 Å². The number of ether oxygens (including phenoxy) is 1. The van der Waals surface area contributed by atoms with E-state index in [9.17, 15) is 0 Å². The fourth-order valence-electron chi connectivity index (χ4n) is 3.27. The van der Waals surface area contributed by atoms with Crippen molar-refractivity contribution in [3.05, 3.63) is 61.0 Å². The van der Waals surface area contributed by atoms with Gasteiger partial charge in [0.25, 0.3) is 0 Å². The van der Waals surface area contributed by atoms with Gasteiger partial charge in [-0.25, -0.2) is 23.9 Å². The minimum absolute atomic E-state index is 0.153. The molecule has 0 bridgehead atoms. The molecule has 0 saturated heterocycles. The van der Waals surface area contributed by atoms with Gasteiger partial charge in [-0.05, 0) is 24.3 Å². The number of nitrogens with zero attached hydrogens (tertiary/aromatic N) is 7. The van der Waals surface area contributed by atoms with Gasteiger partial charge in [0.15, 0.2) is 11.6 Å². The van der Waals surface area contributed by atoms with Crippen molar-refractivity contribution in [2.75, 3.05) is 5.73 Å². The van der Waals surface area contributed by atoms with Crippen molar-refractivity contribution < 1.29 is 9.13 Å². The van der Waals surface area contributed by atoms with Gasteiger partial charge in [0.05, 0.1) is 17.1 Å². The van der Waals surface area contributed by atoms with Crippen LogP contribution in [0.1, 0.15) is 5.82 Å². The Hall–Kier alpha value is -4.08. The molecule has 4 heterocycles. The Balaban J connectivity index is 1.64. The van der Waals surface area contributed by atoms with Gasteiger partial charge >= 0.3 is 0 Å². The van der Waals surface area contributed by atoms with Crippen LogP contribution >= 0.6 is 0 Å². The number of pyridine rings is 1. The summed E-state index contributed by atoms with van der Waals surface area (Å²) in [6.07, 6.45) is 6.18. The summed E-state index contributed by atoms with van der Waals surface area (Å²) in [4.78, 5) is 12.6. The van der Waals surface area contributed by atoms with E-state index >= 15 is 4.39 Å². The second-order valence-electron chi connectivity index (χ2n) is 6.42. The highest BCUT2D eigenvalue weighted by atomic mass is 19.1. The van der Waals surface area contributed by atoms with E-state index in [1.807, 2.05) is 0 Å². The zero-order chi connectivity index (χ0) is 20.0. The molecule has 0 amide bonds. The van der Waals surface area contributed by atoms with E-state index in [1.54, 1.807) is 54.7 Å². The predicted molar refractivity (Wildman–Crippen MR) is 103 cm³/mol. The van der Waals surface area contributed by atoms with Gasteiger partial charge in [-0.1, -0.05) is 0 Å². The van der Waals surface area contributed by atoms with E-state index in [4.69, 9.17) is 10.5 Å². The minimum Gasteiger partial charge on any atom is -0.485 e. The molecule has 1 aromatic carbocycles. The molecule has 5 rings (SSSR count). The Bertz CT molecular complexity index is 1360. The highest BCUT2D eigenvalue weighted by Gasteiger charge is 2.18. The lowest BCUT2D eigenvalue weighted by Crippen LogP contribution is -2.03. The first-order chi connectivity index (χ1) is 14.1. The molecule has 0 spiro atoms. The van der Waals surface area contributed by atoms with Gasteiger partial charge in [0.1, 0.15) is 36.3 Å². The Kier molecular flexibility index (Phi) is 3.83. The number of hydrogen-bond donors (Lipinski definition) is 1. The molecular weight excluding hydrogens is 375 g/mol. The summed E-state index contributed by atoms with van der Waals surface area (Å²) in [5.74, 6) is 0.846. The quantitative estimate of drug-likeness (QED) is 0.502. The second-order valence-corrected chi connectivity index (χ2v) is 6.42. The first-order valence-electron chi connectivity index (χ1n) is 8.74. The largest absolute Gasteiger partial charge is 0.485 e. The van der Waals surface area contributed by atoms with Crippen molar-refractivity contribution in [3.63, 3.8) is 0 Å². The third-order valence-electron chi connectivity index (χ3n) is 4.59. The molecule has 0 aliphatic heterocycles. The van der Waals surface area contributed by atoms with Crippen molar-refractivity contribution in [1.29, 1.82) is 0 Å². The van der Waals surface area contributed by atoms with E-state index in [1.165, 1.54) is 10.8 Å². The zero-order valence-electron chi connectivity index (χ0n) is 15.3. The number of benzene rings is 1. The summed E-state index contributed by atoms with van der Waals surface area (Å²) in [7, 11) is 1.78. The van der Waals surface area contributed by atoms with Gasteiger partial charge in [0.2, 0.25) is 0 Å². The number of rotatable bonds is 4. The maximum absolute atomic E-state index is 15.1. The van der Waals surface area contributed by atoms with Crippen LogP contribution in [0.3, 0.4) is 0 Å². The normalized spacial score (nSPS) is 11.4. The first-order valence-corrected chi connectivity index (χ1v) is 8.74. The van der Waals surface area contributed by atoms with E-state index in [-0.39, 0.29) is 12.4 Å². The lowest BCUT2D eigenvalue weighted by Gasteiger charge is -2.13. The second kappa shape index (κ2) is 6.51. The highest BCUT2D eigenvalue weighted by Crippen LogP contribution is 2.37. The van der Waals surface area contributed by atoms with Crippen molar-refractivity contribution >= 4 is 22.2 Å². The summed E-state index contributed by atoms with van der Waals surface area (Å²) in [6.45, 7) is 0.153. The van der Waals surface area contributed by atoms with Crippen LogP contribution < -0.4 is 10.5 Å². The molecule has 0 radical (unpaired) electrons. The van der Waals surface area contributed by atoms with Gasteiger partial charge in [-0.2, -0.15) is 10.2 Å². The summed E-state index contributed by atoms with van der Waals surface area (Å²) in [5, 5.41) is 8.75. The fraction of sp³-hybridized carbons (Fsp3) is 0.105. The number of fused-ring (bicyclic) bond motifs is 2. The third-order valence-corrected chi connectivity index (χ3v) is 4.59. The standard InChI is InChI=1S/C19H15FN8O/c1-27-10-24-15(26-27)8-29-14-3-2-12(18-16(14)19(21)23-9-22-18)11-5-7-28-13(17(11)20)4-6-25-28/h2-7,9-10H,8H2,1H3,(H2,21,22,23). The number of nitrogen functional groups attached to an aromatic ring is 1. The molecule has 0 saturated carbocycles. The third kappa shape index (κ3) is 2.81. The van der Waals surface area contributed by atoms with Crippen LogP contribution in [0, 0.1) is 5.82 Å². The van der Waals surface area contributed by atoms with Gasteiger partial charge in [-0.15, -0.1) is 0 Å². The maximum atomic E-state index is 15.1. The van der Waals surface area contributed by atoms with Crippen LogP contribution in [0.25, 0.3) is 27.5 Å². The van der Waals surface area contributed by atoms with Crippen LogP contribution in [0.4, 0.5) is 10.2 Å². The summed E-state index contributed by atoms with van der Waals surface area (Å²) < 4.78 is 24.0. The van der Waals surface area contributed by atoms with Crippen LogP contribution in [-0.2, 0) is 13.7 Å². The van der Waals surface area contributed by atoms with E-state index in [0.717, 1.165) is 0 Å². The molecule has 4 aromatic heterocycles. The number of aryl methyl sites for hydroxylation is 1. The number of aromatic nitrogens is 7. The van der Waals surface area contributed by atoms with Crippen LogP contribution in [0.15, 0.2) is 49.3 Å². The van der Waals surface area contributed by atoms with Crippen molar-refractivity contribution in [1.82, 2.24) is 34.3 Å². The SMILES string of the molecule is Cn1cnc(COc2ccc(-c3ccn4nccc4c3F)c3ncnc(N)c23)n1. The molecule has 0 aliphatic carbocycles. The maximum Gasteiger partial charge on any atom is 0.188 e. The molecule has 29 heavy (non-hydrogen) atoms. The van der Waals surface area contributed by atoms with Crippen molar-refractivity contribution in [3.8, 4) is 16.9 Å². The topological polar surface area (TPSA) is 109 Å². The van der Waals surface area contributed by atoms with E-state index in [2.05, 4.69) is 25.1 Å². The number of hydrogen-bond acceptors (Lipinski definition) is 7. The van der Waals surface area contributed by atoms with E-state index < -0.39 is 5.82 Å². The average Bonchev–Trinajstić information content (AvgIpc) is 3.36. The lowest BCUT2D eigenvalue weighted by atomic mass is 10.0. The molecule has 5 aromatic rings. The molecule has 10 heteroatoms. The molecule has 9 nitrogen and oxygen atoms in total. The number of nitrogens with two attached hydrogens (primary N) is 1. The smallest absolute Gasteiger partial charge is 0.188 e. The highest BCUT2D eigenvalue weighted by molar-refractivity contribution is 6.02. The minimum atomic E-state index is -0.394. The molecule has 0 aliphatic rings. The Labute approximate surface area is 163 Å². The van der Waals surface area contributed by atoms with Gasteiger partial charge in [-0.3, -0.25) is 4.68 Å². The Morgan fingerprint density at radius 2 is 2.00 bits per heavy atom.